The molecule has 1 fully saturated rings. The van der Waals surface area contributed by atoms with Crippen LogP contribution in [0.4, 0.5) is 5.82 Å². The topological polar surface area (TPSA) is 134 Å². The van der Waals surface area contributed by atoms with E-state index in [2.05, 4.69) is 4.98 Å². The summed E-state index contributed by atoms with van der Waals surface area (Å²) in [4.78, 5) is 15.1. The molecule has 1 aromatic rings. The first-order valence-corrected chi connectivity index (χ1v) is 5.14. The summed E-state index contributed by atoms with van der Waals surface area (Å²) in [5.74, 6) is -2.12. The number of aliphatic hydroxyl groups excluding tert-OH is 2. The van der Waals surface area contributed by atoms with E-state index in [0.29, 0.717) is 0 Å². The second kappa shape index (κ2) is 4.73. The van der Waals surface area contributed by atoms with Crippen molar-refractivity contribution in [3.05, 3.63) is 22.7 Å². The van der Waals surface area contributed by atoms with Gasteiger partial charge in [-0.25, -0.2) is 4.79 Å². The maximum absolute atomic E-state index is 11.7. The summed E-state index contributed by atoms with van der Waals surface area (Å²) < 4.78 is 14.1. The first kappa shape index (κ1) is 11.2. The van der Waals surface area contributed by atoms with Crippen molar-refractivity contribution >= 4 is 5.82 Å². The van der Waals surface area contributed by atoms with Crippen LogP contribution in [0.3, 0.4) is 0 Å². The Kier molecular flexibility index (Phi) is 2.93. The van der Waals surface area contributed by atoms with Crippen molar-refractivity contribution in [2.75, 3.05) is 12.3 Å². The minimum Gasteiger partial charge on any atom is -0.394 e. The highest BCUT2D eigenvalue weighted by Gasteiger charge is 2.45. The van der Waals surface area contributed by atoms with Crippen LogP contribution in [0.5, 0.6) is 0 Å². The Balaban J connectivity index is 2.49. The summed E-state index contributed by atoms with van der Waals surface area (Å²) in [5.41, 5.74) is 4.54. The standard InChI is InChI=1S/C10H12N4O4/c11-3-5-8(16)6(4-15)18-9(5)14-2-1-7(12)13-10(14)17/h1-2,5-6,8-9,15-16H,4H2,(H2,12,13,17)/t5-,6+,8-,9+/m0/s1/i5D. The smallest absolute Gasteiger partial charge is 0.351 e. The van der Waals surface area contributed by atoms with Crippen LogP contribution in [0, 0.1) is 17.2 Å². The van der Waals surface area contributed by atoms with Crippen molar-refractivity contribution in [2.24, 2.45) is 5.89 Å². The first-order chi connectivity index (χ1) is 8.93. The van der Waals surface area contributed by atoms with Crippen LogP contribution in [0.1, 0.15) is 7.60 Å². The third kappa shape index (κ3) is 1.95. The van der Waals surface area contributed by atoms with Gasteiger partial charge in [-0.2, -0.15) is 10.2 Å². The first-order valence-electron chi connectivity index (χ1n) is 5.64. The van der Waals surface area contributed by atoms with Crippen molar-refractivity contribution < 1.29 is 16.3 Å². The fraction of sp³-hybridized carbons (Fsp3) is 0.500. The number of anilines is 1. The molecule has 2 rings (SSSR count). The Morgan fingerprint density at radius 1 is 1.78 bits per heavy atom. The van der Waals surface area contributed by atoms with Gasteiger partial charge in [0, 0.05) is 6.20 Å². The molecule has 0 radical (unpaired) electrons. The summed E-state index contributed by atoms with van der Waals surface area (Å²) in [6, 6.07) is 2.91. The lowest BCUT2D eigenvalue weighted by atomic mass is 10.0. The lowest BCUT2D eigenvalue weighted by molar-refractivity contribution is -0.0469. The Hall–Kier alpha value is -1.95. The molecule has 0 aromatic carbocycles. The predicted octanol–water partition coefficient (Wildman–Crippen LogP) is -1.78. The summed E-state index contributed by atoms with van der Waals surface area (Å²) >= 11 is 0. The molecule has 2 heterocycles. The van der Waals surface area contributed by atoms with Gasteiger partial charge in [0.15, 0.2) is 6.23 Å². The number of hydrogen-bond donors (Lipinski definition) is 3. The van der Waals surface area contributed by atoms with E-state index in [1.54, 1.807) is 6.07 Å². The molecule has 4 N–H and O–H groups in total. The molecule has 0 aliphatic carbocycles. The summed E-state index contributed by atoms with van der Waals surface area (Å²) in [6.45, 7) is -0.572. The third-order valence-electron chi connectivity index (χ3n) is 2.65. The average Bonchev–Trinajstić information content (AvgIpc) is 2.63. The van der Waals surface area contributed by atoms with Crippen molar-refractivity contribution in [1.82, 2.24) is 9.55 Å². The van der Waals surface area contributed by atoms with Crippen LogP contribution in [0.25, 0.3) is 0 Å². The van der Waals surface area contributed by atoms with Crippen molar-refractivity contribution in [3.63, 3.8) is 0 Å². The van der Waals surface area contributed by atoms with E-state index < -0.39 is 36.6 Å². The van der Waals surface area contributed by atoms with E-state index >= 15 is 0 Å². The van der Waals surface area contributed by atoms with Crippen LogP contribution in [0.2, 0.25) is 0 Å². The average molecular weight is 253 g/mol. The molecule has 4 atom stereocenters. The molecule has 96 valence electrons. The predicted molar refractivity (Wildman–Crippen MR) is 59.0 cm³/mol. The number of nitriles is 1. The van der Waals surface area contributed by atoms with Gasteiger partial charge in [0.1, 0.15) is 23.9 Å². The number of aromatic nitrogens is 2. The number of nitrogens with two attached hydrogens (primary N) is 1. The minimum absolute atomic E-state index is 0.00829. The van der Waals surface area contributed by atoms with Crippen LogP contribution < -0.4 is 11.4 Å². The van der Waals surface area contributed by atoms with E-state index in [1.807, 2.05) is 0 Å². The van der Waals surface area contributed by atoms with E-state index in [1.165, 1.54) is 12.3 Å². The molecule has 0 spiro atoms. The lowest BCUT2D eigenvalue weighted by Crippen LogP contribution is -2.31. The Labute approximate surface area is 103 Å². The minimum atomic E-state index is -2.12. The zero-order valence-corrected chi connectivity index (χ0v) is 9.22. The molecule has 8 nitrogen and oxygen atoms in total. The number of nitrogens with zero attached hydrogens (tertiary/aromatic N) is 3. The number of aliphatic hydroxyl groups is 2. The van der Waals surface area contributed by atoms with Gasteiger partial charge in [-0.15, -0.1) is 0 Å². The molecular formula is C10H12N4O4. The van der Waals surface area contributed by atoms with Crippen molar-refractivity contribution in [1.29, 1.82) is 5.26 Å². The van der Waals surface area contributed by atoms with Crippen LogP contribution in [-0.2, 0) is 4.74 Å². The molecule has 1 saturated heterocycles. The quantitative estimate of drug-likeness (QED) is 0.566. The van der Waals surface area contributed by atoms with Crippen LogP contribution >= 0.6 is 0 Å². The van der Waals surface area contributed by atoms with Gasteiger partial charge >= 0.3 is 5.69 Å². The van der Waals surface area contributed by atoms with Gasteiger partial charge in [-0.05, 0) is 6.07 Å². The molecule has 1 aliphatic rings. The number of nitrogen functional groups attached to an aromatic ring is 1. The maximum atomic E-state index is 11.7. The summed E-state index contributed by atoms with van der Waals surface area (Å²) in [5, 5.41) is 27.9. The van der Waals surface area contributed by atoms with E-state index in [4.69, 9.17) is 22.2 Å². The Morgan fingerprint density at radius 3 is 3.06 bits per heavy atom. The molecule has 0 bridgehead atoms. The fourth-order valence-corrected chi connectivity index (χ4v) is 1.74. The van der Waals surface area contributed by atoms with Gasteiger partial charge < -0.3 is 20.7 Å². The lowest BCUT2D eigenvalue weighted by Gasteiger charge is -2.16. The Morgan fingerprint density at radius 2 is 2.50 bits per heavy atom. The molecule has 0 unspecified atom stereocenters. The van der Waals surface area contributed by atoms with Crippen LogP contribution in [-0.4, -0.2) is 38.6 Å². The molecule has 0 amide bonds. The summed E-state index contributed by atoms with van der Waals surface area (Å²) in [7, 11) is 0. The molecular weight excluding hydrogens is 240 g/mol. The number of hydrogen-bond acceptors (Lipinski definition) is 7. The molecule has 8 heteroatoms. The number of rotatable bonds is 2. The summed E-state index contributed by atoms with van der Waals surface area (Å²) in [6.07, 6.45) is -2.81. The SMILES string of the molecule is [2H][C@]1(C#N)[C@H](O)[C@@H](CO)O[C@H]1n1ccc(N)nc1=O. The second-order valence-electron chi connectivity index (χ2n) is 3.76. The highest BCUT2D eigenvalue weighted by atomic mass is 16.5. The number of ether oxygens (including phenoxy) is 1. The Bertz CT molecular complexity index is 586. The highest BCUT2D eigenvalue weighted by Crippen LogP contribution is 2.33. The van der Waals surface area contributed by atoms with Crippen molar-refractivity contribution in [3.8, 4) is 6.07 Å². The van der Waals surface area contributed by atoms with Gasteiger partial charge in [0.25, 0.3) is 0 Å². The van der Waals surface area contributed by atoms with Gasteiger partial charge in [0.2, 0.25) is 0 Å². The second-order valence-corrected chi connectivity index (χ2v) is 3.76. The normalized spacial score (nSPS) is 36.1. The van der Waals surface area contributed by atoms with Crippen LogP contribution in [0.15, 0.2) is 17.1 Å². The molecule has 18 heavy (non-hydrogen) atoms. The van der Waals surface area contributed by atoms with Gasteiger partial charge in [-0.3, -0.25) is 4.57 Å². The van der Waals surface area contributed by atoms with E-state index in [-0.39, 0.29) is 5.82 Å². The van der Waals surface area contributed by atoms with E-state index in [9.17, 15) is 9.90 Å². The monoisotopic (exact) mass is 253 g/mol. The molecule has 0 saturated carbocycles. The largest absolute Gasteiger partial charge is 0.394 e. The maximum Gasteiger partial charge on any atom is 0.351 e. The zero-order valence-electron chi connectivity index (χ0n) is 10.2. The molecule has 1 aliphatic heterocycles. The fourth-order valence-electron chi connectivity index (χ4n) is 1.74. The zero-order chi connectivity index (χ0) is 14.2. The molecule has 1 aromatic heterocycles. The van der Waals surface area contributed by atoms with Gasteiger partial charge in [-0.1, -0.05) is 0 Å². The van der Waals surface area contributed by atoms with Gasteiger partial charge in [0.05, 0.1) is 14.0 Å². The third-order valence-corrected chi connectivity index (χ3v) is 2.65. The van der Waals surface area contributed by atoms with E-state index in [0.717, 1.165) is 4.57 Å². The van der Waals surface area contributed by atoms with Crippen molar-refractivity contribution in [2.45, 2.75) is 18.4 Å². The highest BCUT2D eigenvalue weighted by molar-refractivity contribution is 5.23.